The third-order valence-electron chi connectivity index (χ3n) is 4.54. The Balaban J connectivity index is 2.83. The quantitative estimate of drug-likeness (QED) is 0.839. The topological polar surface area (TPSA) is 75.4 Å². The van der Waals surface area contributed by atoms with E-state index < -0.39 is 12.1 Å². The van der Waals surface area contributed by atoms with E-state index >= 15 is 0 Å². The highest BCUT2D eigenvalue weighted by Gasteiger charge is 2.39. The number of hydrogen-bond acceptors (Lipinski definition) is 2. The summed E-state index contributed by atoms with van der Waals surface area (Å²) in [5.41, 5.74) is 4.87. The van der Waals surface area contributed by atoms with Gasteiger partial charge in [-0.3, -0.25) is 4.79 Å². The summed E-state index contributed by atoms with van der Waals surface area (Å²) < 4.78 is 0. The first-order chi connectivity index (χ1) is 9.54. The van der Waals surface area contributed by atoms with Crippen LogP contribution in [0.5, 0.6) is 0 Å². The second-order valence-corrected chi connectivity index (χ2v) is 7.72. The van der Waals surface area contributed by atoms with Gasteiger partial charge in [-0.15, -0.1) is 0 Å². The Kier molecular flexibility index (Phi) is 5.65. The molecule has 21 heavy (non-hydrogen) atoms. The predicted octanol–water partition coefficient (Wildman–Crippen LogP) is 2.35. The summed E-state index contributed by atoms with van der Waals surface area (Å²) in [4.78, 5) is 25.9. The number of carbonyl (C=O) groups is 2. The van der Waals surface area contributed by atoms with Crippen LogP contribution in [0.15, 0.2) is 0 Å². The van der Waals surface area contributed by atoms with Crippen molar-refractivity contribution < 1.29 is 9.59 Å². The lowest BCUT2D eigenvalue weighted by Crippen LogP contribution is -2.59. The van der Waals surface area contributed by atoms with Crippen molar-refractivity contribution in [2.24, 2.45) is 23.0 Å². The average Bonchev–Trinajstić information content (AvgIpc) is 2.33. The summed E-state index contributed by atoms with van der Waals surface area (Å²) >= 11 is 0. The first kappa shape index (κ1) is 17.8. The normalized spacial score (nSPS) is 24.8. The number of nitrogens with zero attached hydrogens (tertiary/aromatic N) is 1. The van der Waals surface area contributed by atoms with Crippen LogP contribution < -0.4 is 11.1 Å². The number of carbonyl (C=O) groups excluding carboxylic acids is 2. The van der Waals surface area contributed by atoms with Crippen LogP contribution in [0.4, 0.5) is 4.79 Å². The molecule has 0 aliphatic carbocycles. The average molecular weight is 297 g/mol. The monoisotopic (exact) mass is 297 g/mol. The summed E-state index contributed by atoms with van der Waals surface area (Å²) in [7, 11) is 0. The number of piperidine rings is 1. The molecule has 5 heteroatoms. The van der Waals surface area contributed by atoms with Crippen molar-refractivity contribution in [1.29, 1.82) is 0 Å². The van der Waals surface area contributed by atoms with Gasteiger partial charge in [0.1, 0.15) is 6.04 Å². The van der Waals surface area contributed by atoms with Crippen molar-refractivity contribution in [3.63, 3.8) is 0 Å². The molecular formula is C16H31N3O2. The highest BCUT2D eigenvalue weighted by molar-refractivity contribution is 5.87. The van der Waals surface area contributed by atoms with Crippen LogP contribution in [0.2, 0.25) is 0 Å². The van der Waals surface area contributed by atoms with E-state index in [1.54, 1.807) is 0 Å². The van der Waals surface area contributed by atoms with Gasteiger partial charge in [0.25, 0.3) is 0 Å². The van der Waals surface area contributed by atoms with Crippen molar-refractivity contribution in [3.05, 3.63) is 0 Å². The molecule has 122 valence electrons. The third kappa shape index (κ3) is 4.61. The number of hydrogen-bond donors (Lipinski definition) is 2. The fraction of sp³-hybridized carbons (Fsp3) is 0.875. The van der Waals surface area contributed by atoms with Crippen LogP contribution in [0, 0.1) is 17.3 Å². The minimum absolute atomic E-state index is 0.0176. The van der Waals surface area contributed by atoms with Crippen molar-refractivity contribution in [1.82, 2.24) is 10.2 Å². The molecule has 1 heterocycles. The van der Waals surface area contributed by atoms with E-state index in [2.05, 4.69) is 26.1 Å². The van der Waals surface area contributed by atoms with E-state index in [1.165, 1.54) is 0 Å². The molecule has 1 aliphatic rings. The van der Waals surface area contributed by atoms with Crippen molar-refractivity contribution in [2.75, 3.05) is 6.54 Å². The van der Waals surface area contributed by atoms with Crippen LogP contribution >= 0.6 is 0 Å². The van der Waals surface area contributed by atoms with Gasteiger partial charge in [-0.05, 0) is 37.0 Å². The second kappa shape index (κ2) is 6.67. The van der Waals surface area contributed by atoms with Gasteiger partial charge >= 0.3 is 6.03 Å². The van der Waals surface area contributed by atoms with Crippen molar-refractivity contribution in [3.8, 4) is 0 Å². The van der Waals surface area contributed by atoms with Crippen LogP contribution in [-0.4, -0.2) is 35.5 Å². The Morgan fingerprint density at radius 2 is 1.86 bits per heavy atom. The number of urea groups is 1. The number of rotatable bonds is 3. The van der Waals surface area contributed by atoms with Gasteiger partial charge in [0.15, 0.2) is 0 Å². The summed E-state index contributed by atoms with van der Waals surface area (Å²) in [5.74, 6) is 1.30. The van der Waals surface area contributed by atoms with Crippen LogP contribution in [0.3, 0.4) is 0 Å². The van der Waals surface area contributed by atoms with Crippen molar-refractivity contribution in [2.45, 2.75) is 66.5 Å². The Bertz CT molecular complexity index is 387. The predicted molar refractivity (Wildman–Crippen MR) is 84.7 cm³/mol. The molecule has 0 spiro atoms. The van der Waals surface area contributed by atoms with Gasteiger partial charge in [0.05, 0.1) is 0 Å². The molecule has 0 saturated carbocycles. The highest BCUT2D eigenvalue weighted by Crippen LogP contribution is 2.30. The number of nitrogens with one attached hydrogen (secondary N) is 1. The molecule has 5 nitrogen and oxygen atoms in total. The number of amides is 3. The fourth-order valence-corrected chi connectivity index (χ4v) is 3.10. The number of primary amides is 1. The lowest BCUT2D eigenvalue weighted by atomic mass is 9.81. The minimum atomic E-state index is -0.645. The standard InChI is InChI=1S/C16H31N3O2/c1-10(2)12-7-8-19(11(3)9-12)14(20)13(16(4,5)6)18-15(17)21/h10-13H,7-9H2,1-6H3,(H3,17,18,21)/t11?,12-,13?/m0/s1. The zero-order valence-electron chi connectivity index (χ0n) is 14.3. The van der Waals surface area contributed by atoms with E-state index in [1.807, 2.05) is 25.7 Å². The molecule has 0 aromatic heterocycles. The molecule has 1 fully saturated rings. The molecule has 0 bridgehead atoms. The number of likely N-dealkylation sites (tertiary alicyclic amines) is 1. The molecular weight excluding hydrogens is 266 g/mol. The molecule has 0 aromatic carbocycles. The summed E-state index contributed by atoms with van der Waals surface area (Å²) in [6.07, 6.45) is 2.05. The van der Waals surface area contributed by atoms with Crippen LogP contribution in [0.25, 0.3) is 0 Å². The summed E-state index contributed by atoms with van der Waals surface area (Å²) in [5, 5.41) is 2.62. The van der Waals surface area contributed by atoms with Gasteiger partial charge < -0.3 is 16.0 Å². The first-order valence-corrected chi connectivity index (χ1v) is 7.90. The molecule has 0 radical (unpaired) electrons. The number of nitrogens with two attached hydrogens (primary N) is 1. The van der Waals surface area contributed by atoms with Gasteiger partial charge in [0.2, 0.25) is 5.91 Å². The molecule has 2 unspecified atom stereocenters. The fourth-order valence-electron chi connectivity index (χ4n) is 3.10. The second-order valence-electron chi connectivity index (χ2n) is 7.72. The molecule has 1 rings (SSSR count). The summed E-state index contributed by atoms with van der Waals surface area (Å²) in [6, 6.07) is -1.01. The molecule has 3 N–H and O–H groups in total. The Morgan fingerprint density at radius 1 is 1.29 bits per heavy atom. The SMILES string of the molecule is CC(C)[C@H]1CCN(C(=O)C(NC(N)=O)C(C)(C)C)C(C)C1. The minimum Gasteiger partial charge on any atom is -0.352 e. The van der Waals surface area contributed by atoms with E-state index in [4.69, 9.17) is 5.73 Å². The highest BCUT2D eigenvalue weighted by atomic mass is 16.2. The maximum Gasteiger partial charge on any atom is 0.312 e. The molecule has 3 atom stereocenters. The summed E-state index contributed by atoms with van der Waals surface area (Å²) in [6.45, 7) is 13.2. The lowest BCUT2D eigenvalue weighted by Gasteiger charge is -2.42. The lowest BCUT2D eigenvalue weighted by molar-refractivity contribution is -0.140. The van der Waals surface area contributed by atoms with Gasteiger partial charge in [-0.25, -0.2) is 4.79 Å². The van der Waals surface area contributed by atoms with Gasteiger partial charge in [-0.1, -0.05) is 34.6 Å². The van der Waals surface area contributed by atoms with Crippen molar-refractivity contribution >= 4 is 11.9 Å². The van der Waals surface area contributed by atoms with E-state index in [0.717, 1.165) is 19.4 Å². The smallest absolute Gasteiger partial charge is 0.312 e. The van der Waals surface area contributed by atoms with Crippen LogP contribution in [0.1, 0.15) is 54.4 Å². The molecule has 3 amide bonds. The molecule has 1 aliphatic heterocycles. The zero-order valence-corrected chi connectivity index (χ0v) is 14.3. The van der Waals surface area contributed by atoms with Gasteiger partial charge in [-0.2, -0.15) is 0 Å². The van der Waals surface area contributed by atoms with Crippen LogP contribution in [-0.2, 0) is 4.79 Å². The molecule has 0 aromatic rings. The maximum absolute atomic E-state index is 12.8. The zero-order chi connectivity index (χ0) is 16.4. The first-order valence-electron chi connectivity index (χ1n) is 7.90. The Hall–Kier alpha value is -1.26. The largest absolute Gasteiger partial charge is 0.352 e. The van der Waals surface area contributed by atoms with E-state index in [-0.39, 0.29) is 17.4 Å². The Morgan fingerprint density at radius 3 is 2.24 bits per heavy atom. The van der Waals surface area contributed by atoms with E-state index in [9.17, 15) is 9.59 Å². The maximum atomic E-state index is 12.8. The van der Waals surface area contributed by atoms with E-state index in [0.29, 0.717) is 11.8 Å². The Labute approximate surface area is 128 Å². The molecule has 1 saturated heterocycles. The van der Waals surface area contributed by atoms with Gasteiger partial charge in [0, 0.05) is 12.6 Å². The third-order valence-corrected chi connectivity index (χ3v) is 4.54.